The van der Waals surface area contributed by atoms with E-state index in [0.717, 1.165) is 0 Å². The second kappa shape index (κ2) is 5.45. The zero-order valence-corrected chi connectivity index (χ0v) is 11.6. The number of anilines is 2. The Hall–Kier alpha value is -2.17. The highest BCUT2D eigenvalue weighted by Gasteiger charge is 2.09. The van der Waals surface area contributed by atoms with E-state index in [9.17, 15) is 8.42 Å². The zero-order chi connectivity index (χ0) is 14.2. The Kier molecular flexibility index (Phi) is 4.33. The van der Waals surface area contributed by atoms with E-state index >= 15 is 0 Å². The molecule has 0 amide bonds. The monoisotopic (exact) mass is 317 g/mol. The molecule has 0 aliphatic heterocycles. The summed E-state index contributed by atoms with van der Waals surface area (Å²) in [6.07, 6.45) is 0. The minimum atomic E-state index is -3.77. The van der Waals surface area contributed by atoms with Gasteiger partial charge in [-0.1, -0.05) is 0 Å². The van der Waals surface area contributed by atoms with E-state index in [1.165, 1.54) is 28.8 Å². The first kappa shape index (κ1) is 15.9. The molecule has 0 unspecified atom stereocenters. The number of hydrogen-bond donors (Lipinski definition) is 4. The number of nitrogens with two attached hydrogens (primary N) is 3. The summed E-state index contributed by atoms with van der Waals surface area (Å²) in [6.45, 7) is 0. The molecule has 0 aliphatic rings. The molecule has 20 heavy (non-hydrogen) atoms. The second-order valence-electron chi connectivity index (χ2n) is 3.64. The molecule has 0 saturated carbocycles. The van der Waals surface area contributed by atoms with Crippen molar-refractivity contribution in [1.29, 1.82) is 5.41 Å². The van der Waals surface area contributed by atoms with Crippen LogP contribution >= 0.6 is 12.4 Å². The van der Waals surface area contributed by atoms with Gasteiger partial charge < -0.3 is 11.5 Å². The summed E-state index contributed by atoms with van der Waals surface area (Å²) in [5.74, 6) is -0.138. The molecule has 11 heteroatoms. The van der Waals surface area contributed by atoms with Gasteiger partial charge >= 0.3 is 0 Å². The molecule has 0 saturated heterocycles. The lowest BCUT2D eigenvalue weighted by Gasteiger charge is -2.09. The van der Waals surface area contributed by atoms with E-state index in [2.05, 4.69) is 9.97 Å². The Morgan fingerprint density at radius 3 is 2.10 bits per heavy atom. The summed E-state index contributed by atoms with van der Waals surface area (Å²) >= 11 is 0. The molecular weight excluding hydrogens is 306 g/mol. The standard InChI is InChI=1S/C9H11N7O2S.ClH/c10-7-14-8(11)16(9(12)15-7)5-1-3-6(4-2-5)19(13,17)18;/h1-4H,(H2,13,17,18)(H5,10,11,12,14,15);1H. The number of primary sulfonamides is 1. The normalized spacial score (nSPS) is 10.8. The number of rotatable bonds is 2. The lowest BCUT2D eigenvalue weighted by Crippen LogP contribution is -2.26. The van der Waals surface area contributed by atoms with Crippen molar-refractivity contribution in [2.75, 3.05) is 11.5 Å². The van der Waals surface area contributed by atoms with Crippen LogP contribution in [0.15, 0.2) is 29.2 Å². The van der Waals surface area contributed by atoms with E-state index in [0.29, 0.717) is 5.69 Å². The molecule has 1 aromatic heterocycles. The van der Waals surface area contributed by atoms with Gasteiger partial charge in [0.25, 0.3) is 0 Å². The van der Waals surface area contributed by atoms with Crippen molar-refractivity contribution >= 4 is 34.3 Å². The van der Waals surface area contributed by atoms with Crippen LogP contribution in [0.2, 0.25) is 0 Å². The van der Waals surface area contributed by atoms with Gasteiger partial charge in [-0.05, 0) is 24.3 Å². The number of hydrogen-bond acceptors (Lipinski definition) is 7. The lowest BCUT2D eigenvalue weighted by molar-refractivity contribution is 0.598. The first-order valence-electron chi connectivity index (χ1n) is 4.99. The fourth-order valence-corrected chi connectivity index (χ4v) is 2.01. The van der Waals surface area contributed by atoms with E-state index in [4.69, 9.17) is 22.0 Å². The Labute approximate surface area is 120 Å². The zero-order valence-electron chi connectivity index (χ0n) is 10.0. The van der Waals surface area contributed by atoms with Gasteiger partial charge in [0.05, 0.1) is 10.6 Å². The van der Waals surface area contributed by atoms with E-state index in [1.54, 1.807) is 0 Å². The quantitative estimate of drug-likeness (QED) is 0.553. The molecular formula is C9H12ClN7O2S. The third-order valence-corrected chi connectivity index (χ3v) is 3.24. The Bertz CT molecular complexity index is 785. The maximum Gasteiger partial charge on any atom is 0.238 e. The molecule has 1 heterocycles. The third-order valence-electron chi connectivity index (χ3n) is 2.31. The number of aromatic nitrogens is 3. The minimum Gasteiger partial charge on any atom is -0.369 e. The van der Waals surface area contributed by atoms with Crippen molar-refractivity contribution in [1.82, 2.24) is 14.5 Å². The van der Waals surface area contributed by atoms with E-state index < -0.39 is 10.0 Å². The first-order valence-corrected chi connectivity index (χ1v) is 6.53. The van der Waals surface area contributed by atoms with Crippen molar-refractivity contribution in [2.45, 2.75) is 4.90 Å². The summed E-state index contributed by atoms with van der Waals surface area (Å²) in [4.78, 5) is 7.34. The van der Waals surface area contributed by atoms with Crippen LogP contribution in [0.4, 0.5) is 11.9 Å². The predicted molar refractivity (Wildman–Crippen MR) is 74.7 cm³/mol. The largest absolute Gasteiger partial charge is 0.369 e. The summed E-state index contributed by atoms with van der Waals surface area (Å²) in [6, 6.07) is 5.47. The van der Waals surface area contributed by atoms with Gasteiger partial charge in [-0.3, -0.25) is 5.41 Å². The fraction of sp³-hybridized carbons (Fsp3) is 0. The van der Waals surface area contributed by atoms with Crippen molar-refractivity contribution in [3.63, 3.8) is 0 Å². The minimum absolute atomic E-state index is 0. The number of nitrogens with zero attached hydrogens (tertiary/aromatic N) is 3. The predicted octanol–water partition coefficient (Wildman–Crippen LogP) is -1.02. The van der Waals surface area contributed by atoms with Crippen molar-refractivity contribution in [2.24, 2.45) is 5.14 Å². The third kappa shape index (κ3) is 3.04. The average Bonchev–Trinajstić information content (AvgIpc) is 2.27. The van der Waals surface area contributed by atoms with Crippen molar-refractivity contribution < 1.29 is 8.42 Å². The molecule has 0 radical (unpaired) electrons. The van der Waals surface area contributed by atoms with Crippen LogP contribution in [0.5, 0.6) is 0 Å². The Morgan fingerprint density at radius 2 is 1.65 bits per heavy atom. The first-order chi connectivity index (χ1) is 8.79. The molecule has 0 spiro atoms. The second-order valence-corrected chi connectivity index (χ2v) is 5.20. The SMILES string of the molecule is Cl.N=c1nc(N)nc(N)n1-c1ccc(S(N)(=O)=O)cc1. The van der Waals surface area contributed by atoms with Gasteiger partial charge in [0.2, 0.25) is 27.5 Å². The number of nitrogen functional groups attached to an aromatic ring is 2. The highest BCUT2D eigenvalue weighted by molar-refractivity contribution is 7.89. The number of sulfonamides is 1. The molecule has 108 valence electrons. The Balaban J connectivity index is 0.00000200. The van der Waals surface area contributed by atoms with Crippen LogP contribution in [0.1, 0.15) is 0 Å². The van der Waals surface area contributed by atoms with E-state index in [-0.39, 0.29) is 34.8 Å². The van der Waals surface area contributed by atoms with Crippen LogP contribution in [0.3, 0.4) is 0 Å². The Morgan fingerprint density at radius 1 is 1.10 bits per heavy atom. The highest BCUT2D eigenvalue weighted by atomic mass is 35.5. The maximum absolute atomic E-state index is 11.1. The molecule has 7 N–H and O–H groups in total. The van der Waals surface area contributed by atoms with Gasteiger partial charge in [-0.2, -0.15) is 9.97 Å². The van der Waals surface area contributed by atoms with E-state index in [1.807, 2.05) is 0 Å². The van der Waals surface area contributed by atoms with Crippen molar-refractivity contribution in [3.8, 4) is 5.69 Å². The molecule has 0 aliphatic carbocycles. The topological polar surface area (TPSA) is 167 Å². The molecule has 9 nitrogen and oxygen atoms in total. The van der Waals surface area contributed by atoms with Gasteiger partial charge in [0, 0.05) is 0 Å². The van der Waals surface area contributed by atoms with Crippen LogP contribution in [0.25, 0.3) is 5.69 Å². The summed E-state index contributed by atoms with van der Waals surface area (Å²) in [5.41, 5.74) is 11.2. The average molecular weight is 318 g/mol. The molecule has 0 bridgehead atoms. The highest BCUT2D eigenvalue weighted by Crippen LogP contribution is 2.13. The molecule has 2 rings (SSSR count). The number of benzene rings is 1. The smallest absolute Gasteiger partial charge is 0.238 e. The summed E-state index contributed by atoms with van der Waals surface area (Å²) in [5, 5.41) is 12.7. The summed E-state index contributed by atoms with van der Waals surface area (Å²) in [7, 11) is -3.77. The van der Waals surface area contributed by atoms with Crippen LogP contribution < -0.4 is 22.2 Å². The molecule has 1 aromatic carbocycles. The number of halogens is 1. The van der Waals surface area contributed by atoms with Crippen LogP contribution in [0, 0.1) is 5.41 Å². The fourth-order valence-electron chi connectivity index (χ4n) is 1.50. The van der Waals surface area contributed by atoms with Crippen molar-refractivity contribution in [3.05, 3.63) is 29.9 Å². The lowest BCUT2D eigenvalue weighted by atomic mass is 10.3. The number of nitrogens with one attached hydrogen (secondary N) is 1. The molecule has 0 fully saturated rings. The van der Waals surface area contributed by atoms with Gasteiger partial charge in [-0.15, -0.1) is 12.4 Å². The van der Waals surface area contributed by atoms with Gasteiger partial charge in [-0.25, -0.2) is 18.1 Å². The van der Waals surface area contributed by atoms with Gasteiger partial charge in [0.15, 0.2) is 0 Å². The maximum atomic E-state index is 11.1. The van der Waals surface area contributed by atoms with Crippen LogP contribution in [-0.2, 0) is 10.0 Å². The molecule has 0 atom stereocenters. The summed E-state index contributed by atoms with van der Waals surface area (Å²) < 4.78 is 23.5. The van der Waals surface area contributed by atoms with Crippen LogP contribution in [-0.4, -0.2) is 23.0 Å². The molecule has 2 aromatic rings. The van der Waals surface area contributed by atoms with Gasteiger partial charge in [0.1, 0.15) is 0 Å².